The zero-order valence-electron chi connectivity index (χ0n) is 8.76. The monoisotopic (exact) mass is 205 g/mol. The molecule has 1 aromatic heterocycles. The number of carboxylic acids is 1. The minimum atomic E-state index is -0.641. The molecule has 0 saturated heterocycles. The number of aromatic nitrogens is 1. The second-order valence-electron chi connectivity index (χ2n) is 4.39. The SMILES string of the molecule is CC(Cc1cccnc1)C1CC1C(=O)O. The van der Waals surface area contributed by atoms with Crippen LogP contribution in [0, 0.1) is 17.8 Å². The highest BCUT2D eigenvalue weighted by Crippen LogP contribution is 2.45. The molecule has 0 bridgehead atoms. The van der Waals surface area contributed by atoms with Crippen LogP contribution in [-0.2, 0) is 11.2 Å². The van der Waals surface area contributed by atoms with Crippen molar-refractivity contribution >= 4 is 5.97 Å². The molecule has 3 nitrogen and oxygen atoms in total. The van der Waals surface area contributed by atoms with Gasteiger partial charge in [-0.1, -0.05) is 13.0 Å². The van der Waals surface area contributed by atoms with Gasteiger partial charge >= 0.3 is 5.97 Å². The second kappa shape index (κ2) is 4.01. The average molecular weight is 205 g/mol. The molecular formula is C12H15NO2. The molecule has 1 aromatic rings. The van der Waals surface area contributed by atoms with Crippen LogP contribution in [0.3, 0.4) is 0 Å². The molecule has 1 fully saturated rings. The molecule has 0 radical (unpaired) electrons. The van der Waals surface area contributed by atoms with Gasteiger partial charge in [0.2, 0.25) is 0 Å². The van der Waals surface area contributed by atoms with Gasteiger partial charge < -0.3 is 5.11 Å². The summed E-state index contributed by atoms with van der Waals surface area (Å²) in [7, 11) is 0. The van der Waals surface area contributed by atoms with Crippen LogP contribution in [0.15, 0.2) is 24.5 Å². The lowest BCUT2D eigenvalue weighted by molar-refractivity contribution is -0.139. The van der Waals surface area contributed by atoms with E-state index in [1.165, 1.54) is 5.56 Å². The molecule has 1 aliphatic carbocycles. The maximum Gasteiger partial charge on any atom is 0.306 e. The number of aliphatic carboxylic acids is 1. The zero-order valence-corrected chi connectivity index (χ0v) is 8.76. The lowest BCUT2D eigenvalue weighted by Crippen LogP contribution is -2.08. The van der Waals surface area contributed by atoms with E-state index in [0.717, 1.165) is 12.8 Å². The van der Waals surface area contributed by atoms with Crippen molar-refractivity contribution in [2.45, 2.75) is 19.8 Å². The minimum Gasteiger partial charge on any atom is -0.481 e. The zero-order chi connectivity index (χ0) is 10.8. The van der Waals surface area contributed by atoms with Crippen LogP contribution in [0.25, 0.3) is 0 Å². The number of carbonyl (C=O) groups is 1. The van der Waals surface area contributed by atoms with Crippen molar-refractivity contribution in [3.05, 3.63) is 30.1 Å². The number of carboxylic acid groups (broad SMARTS) is 1. The van der Waals surface area contributed by atoms with Gasteiger partial charge in [0, 0.05) is 12.4 Å². The molecule has 1 N–H and O–H groups in total. The van der Waals surface area contributed by atoms with E-state index >= 15 is 0 Å². The maximum atomic E-state index is 10.7. The fourth-order valence-electron chi connectivity index (χ4n) is 2.17. The van der Waals surface area contributed by atoms with Gasteiger partial charge in [0.15, 0.2) is 0 Å². The number of pyridine rings is 1. The van der Waals surface area contributed by atoms with E-state index in [2.05, 4.69) is 11.9 Å². The van der Waals surface area contributed by atoms with Gasteiger partial charge in [0.05, 0.1) is 5.92 Å². The Morgan fingerprint density at radius 1 is 1.73 bits per heavy atom. The molecule has 3 heteroatoms. The van der Waals surface area contributed by atoms with Crippen molar-refractivity contribution in [3.8, 4) is 0 Å². The Kier molecular flexibility index (Phi) is 2.71. The number of rotatable bonds is 4. The first kappa shape index (κ1) is 10.1. The van der Waals surface area contributed by atoms with Crippen LogP contribution in [0.1, 0.15) is 18.9 Å². The van der Waals surface area contributed by atoms with E-state index < -0.39 is 5.97 Å². The molecule has 0 spiro atoms. The Labute approximate surface area is 89.2 Å². The predicted octanol–water partition coefficient (Wildman–Crippen LogP) is 1.98. The van der Waals surface area contributed by atoms with Gasteiger partial charge in [-0.3, -0.25) is 9.78 Å². The standard InChI is InChI=1S/C12H15NO2/c1-8(10-6-11(10)12(14)15)5-9-3-2-4-13-7-9/h2-4,7-8,10-11H,5-6H2,1H3,(H,14,15). The van der Waals surface area contributed by atoms with Crippen LogP contribution >= 0.6 is 0 Å². The van der Waals surface area contributed by atoms with Crippen molar-refractivity contribution in [2.75, 3.05) is 0 Å². The Hall–Kier alpha value is -1.38. The second-order valence-corrected chi connectivity index (χ2v) is 4.39. The summed E-state index contributed by atoms with van der Waals surface area (Å²) in [6, 6.07) is 3.96. The molecule has 1 heterocycles. The third-order valence-corrected chi connectivity index (χ3v) is 3.17. The highest BCUT2D eigenvalue weighted by molar-refractivity contribution is 5.73. The van der Waals surface area contributed by atoms with E-state index in [0.29, 0.717) is 11.8 Å². The Morgan fingerprint density at radius 2 is 2.53 bits per heavy atom. The first-order valence-electron chi connectivity index (χ1n) is 5.30. The normalized spacial score (nSPS) is 25.9. The van der Waals surface area contributed by atoms with Crippen LogP contribution in [0.5, 0.6) is 0 Å². The quantitative estimate of drug-likeness (QED) is 0.817. The van der Waals surface area contributed by atoms with E-state index in [1.54, 1.807) is 6.20 Å². The van der Waals surface area contributed by atoms with E-state index in [1.807, 2.05) is 18.3 Å². The van der Waals surface area contributed by atoms with Crippen LogP contribution < -0.4 is 0 Å². The lowest BCUT2D eigenvalue weighted by Gasteiger charge is -2.09. The lowest BCUT2D eigenvalue weighted by atomic mass is 9.96. The first-order valence-corrected chi connectivity index (χ1v) is 5.30. The molecule has 1 saturated carbocycles. The summed E-state index contributed by atoms with van der Waals surface area (Å²) in [4.78, 5) is 14.8. The summed E-state index contributed by atoms with van der Waals surface area (Å²) in [5.74, 6) is 0.0627. The molecule has 2 rings (SSSR count). The van der Waals surface area contributed by atoms with Gasteiger partial charge in [-0.25, -0.2) is 0 Å². The summed E-state index contributed by atoms with van der Waals surface area (Å²) in [6.07, 6.45) is 5.39. The molecule has 3 atom stereocenters. The molecule has 0 aliphatic heterocycles. The average Bonchev–Trinajstić information content (AvgIpc) is 2.98. The molecule has 80 valence electrons. The van der Waals surface area contributed by atoms with E-state index in [9.17, 15) is 4.79 Å². The number of hydrogen-bond acceptors (Lipinski definition) is 2. The molecule has 1 aliphatic rings. The Bertz CT molecular complexity index is 350. The summed E-state index contributed by atoms with van der Waals surface area (Å²) in [6.45, 7) is 2.13. The fraction of sp³-hybridized carbons (Fsp3) is 0.500. The van der Waals surface area contributed by atoms with Crippen molar-refractivity contribution in [1.29, 1.82) is 0 Å². The van der Waals surface area contributed by atoms with E-state index in [-0.39, 0.29) is 5.92 Å². The third kappa shape index (κ3) is 2.35. The highest BCUT2D eigenvalue weighted by Gasteiger charge is 2.45. The fourth-order valence-corrected chi connectivity index (χ4v) is 2.17. The van der Waals surface area contributed by atoms with Crippen LogP contribution in [-0.4, -0.2) is 16.1 Å². The Balaban J connectivity index is 1.89. The predicted molar refractivity (Wildman–Crippen MR) is 56.3 cm³/mol. The molecular weight excluding hydrogens is 190 g/mol. The van der Waals surface area contributed by atoms with Crippen LogP contribution in [0.2, 0.25) is 0 Å². The molecule has 0 aromatic carbocycles. The van der Waals surface area contributed by atoms with Crippen LogP contribution in [0.4, 0.5) is 0 Å². The van der Waals surface area contributed by atoms with Crippen molar-refractivity contribution in [3.63, 3.8) is 0 Å². The highest BCUT2D eigenvalue weighted by atomic mass is 16.4. The van der Waals surface area contributed by atoms with Gasteiger partial charge in [0.25, 0.3) is 0 Å². The Morgan fingerprint density at radius 3 is 3.07 bits per heavy atom. The van der Waals surface area contributed by atoms with Gasteiger partial charge in [-0.2, -0.15) is 0 Å². The van der Waals surface area contributed by atoms with Gasteiger partial charge in [0.1, 0.15) is 0 Å². The number of nitrogens with zero attached hydrogens (tertiary/aromatic N) is 1. The largest absolute Gasteiger partial charge is 0.481 e. The minimum absolute atomic E-state index is 0.100. The van der Waals surface area contributed by atoms with Crippen molar-refractivity contribution in [2.24, 2.45) is 17.8 Å². The molecule has 15 heavy (non-hydrogen) atoms. The summed E-state index contributed by atoms with van der Waals surface area (Å²) in [5, 5.41) is 8.83. The number of hydrogen-bond donors (Lipinski definition) is 1. The third-order valence-electron chi connectivity index (χ3n) is 3.17. The summed E-state index contributed by atoms with van der Waals surface area (Å²) >= 11 is 0. The summed E-state index contributed by atoms with van der Waals surface area (Å²) in [5.41, 5.74) is 1.20. The van der Waals surface area contributed by atoms with Crippen molar-refractivity contribution < 1.29 is 9.90 Å². The van der Waals surface area contributed by atoms with Crippen molar-refractivity contribution in [1.82, 2.24) is 4.98 Å². The van der Waals surface area contributed by atoms with E-state index in [4.69, 9.17) is 5.11 Å². The molecule has 3 unspecified atom stereocenters. The first-order chi connectivity index (χ1) is 7.18. The van der Waals surface area contributed by atoms with Gasteiger partial charge in [-0.05, 0) is 36.3 Å². The topological polar surface area (TPSA) is 50.2 Å². The van der Waals surface area contributed by atoms with Gasteiger partial charge in [-0.15, -0.1) is 0 Å². The maximum absolute atomic E-state index is 10.7. The molecule has 0 amide bonds. The summed E-state index contributed by atoms with van der Waals surface area (Å²) < 4.78 is 0. The smallest absolute Gasteiger partial charge is 0.306 e.